The maximum absolute atomic E-state index is 12.0. The molecule has 1 aromatic heterocycles. The average molecular weight is 615 g/mol. The molecule has 0 saturated carbocycles. The predicted molar refractivity (Wildman–Crippen MR) is 152 cm³/mol. The van der Waals surface area contributed by atoms with Gasteiger partial charge in [0.15, 0.2) is 23.7 Å². The van der Waals surface area contributed by atoms with Crippen molar-refractivity contribution >= 4 is 31.6 Å². The molecular weight excluding hydrogens is 568 g/mol. The summed E-state index contributed by atoms with van der Waals surface area (Å²) in [6.07, 6.45) is 1.23. The van der Waals surface area contributed by atoms with Crippen molar-refractivity contribution in [3.63, 3.8) is 0 Å². The zero-order valence-electron chi connectivity index (χ0n) is 24.1. The van der Waals surface area contributed by atoms with Crippen molar-refractivity contribution < 1.29 is 44.1 Å². The van der Waals surface area contributed by atoms with E-state index in [4.69, 9.17) is 27.3 Å². The molecular formula is C26H46O10S3. The number of hydrogen-bond acceptors (Lipinski definition) is 11. The first-order valence-electron chi connectivity index (χ1n) is 13.3. The molecule has 0 aliphatic carbocycles. The molecule has 2 rings (SSSR count). The van der Waals surface area contributed by atoms with Crippen LogP contribution in [0.5, 0.6) is 11.5 Å². The summed E-state index contributed by atoms with van der Waals surface area (Å²) in [5.41, 5.74) is -0.440. The van der Waals surface area contributed by atoms with Crippen molar-refractivity contribution in [2.45, 2.75) is 79.4 Å². The van der Waals surface area contributed by atoms with E-state index in [1.807, 2.05) is 52.3 Å². The summed E-state index contributed by atoms with van der Waals surface area (Å²) in [5, 5.41) is 3.73. The normalized spacial score (nSPS) is 18.4. The van der Waals surface area contributed by atoms with E-state index in [9.17, 15) is 16.8 Å². The fraction of sp³-hybridized carbons (Fsp3) is 0.846. The predicted octanol–water partition coefficient (Wildman–Crippen LogP) is 4.64. The van der Waals surface area contributed by atoms with Gasteiger partial charge in [-0.15, -0.1) is 11.3 Å². The Bertz CT molecular complexity index is 970. The van der Waals surface area contributed by atoms with Gasteiger partial charge in [-0.05, 0) is 36.5 Å². The lowest BCUT2D eigenvalue weighted by atomic mass is 9.99. The molecule has 2 atom stereocenters. The van der Waals surface area contributed by atoms with Crippen LogP contribution in [0, 0.1) is 10.8 Å². The summed E-state index contributed by atoms with van der Waals surface area (Å²) in [6.45, 7) is 13.1. The molecule has 13 heteroatoms. The molecule has 0 bridgehead atoms. The van der Waals surface area contributed by atoms with Gasteiger partial charge in [0, 0.05) is 24.0 Å². The minimum atomic E-state index is -3.55. The van der Waals surface area contributed by atoms with Gasteiger partial charge in [0.05, 0.1) is 37.9 Å². The maximum Gasteiger partial charge on any atom is 0.267 e. The zero-order chi connectivity index (χ0) is 29.2. The van der Waals surface area contributed by atoms with E-state index < -0.39 is 32.4 Å². The lowest BCUT2D eigenvalue weighted by molar-refractivity contribution is -0.0660. The van der Waals surface area contributed by atoms with Crippen molar-refractivity contribution in [3.8, 4) is 11.5 Å². The second-order valence-corrected chi connectivity index (χ2v) is 16.4. The monoisotopic (exact) mass is 614 g/mol. The van der Waals surface area contributed by atoms with Crippen molar-refractivity contribution in [1.82, 2.24) is 0 Å². The van der Waals surface area contributed by atoms with Gasteiger partial charge >= 0.3 is 0 Å². The van der Waals surface area contributed by atoms with Gasteiger partial charge in [-0.25, -0.2) is 0 Å². The van der Waals surface area contributed by atoms with Crippen LogP contribution < -0.4 is 9.47 Å². The van der Waals surface area contributed by atoms with Gasteiger partial charge in [0.2, 0.25) is 0 Å². The van der Waals surface area contributed by atoms with Crippen LogP contribution in [0.3, 0.4) is 0 Å². The standard InChI is InChI=1S/C26H46O10S3/c1-25(2,3)19-33-38(27,28)13-9-7-11-31-15-21-22(36-24-18-37-17-23(24)35-21)16-32-12-8-10-14-39(29,30)34-20-26(4,5)6/h17-18,21-22H,7-16,19-20H2,1-6H3. The number of rotatable bonds is 18. The highest BCUT2D eigenvalue weighted by molar-refractivity contribution is 7.86. The molecule has 228 valence electrons. The molecule has 39 heavy (non-hydrogen) atoms. The number of fused-ring (bicyclic) bond motifs is 1. The van der Waals surface area contributed by atoms with Crippen LogP contribution in [-0.2, 0) is 38.1 Å². The molecule has 10 nitrogen and oxygen atoms in total. The molecule has 0 radical (unpaired) electrons. The van der Waals surface area contributed by atoms with E-state index in [0.29, 0.717) is 50.4 Å². The molecule has 2 unspecified atom stereocenters. The summed E-state index contributed by atoms with van der Waals surface area (Å²) in [5.74, 6) is 1.22. The first-order chi connectivity index (χ1) is 18.1. The van der Waals surface area contributed by atoms with Crippen LogP contribution in [0.1, 0.15) is 67.2 Å². The molecule has 0 N–H and O–H groups in total. The fourth-order valence-electron chi connectivity index (χ4n) is 3.22. The summed E-state index contributed by atoms with van der Waals surface area (Å²) < 4.78 is 81.9. The van der Waals surface area contributed by atoms with Crippen LogP contribution in [0.25, 0.3) is 0 Å². The van der Waals surface area contributed by atoms with E-state index in [1.54, 1.807) is 0 Å². The van der Waals surface area contributed by atoms with E-state index in [2.05, 4.69) is 0 Å². The Balaban J connectivity index is 1.68. The van der Waals surface area contributed by atoms with Gasteiger partial charge in [0.25, 0.3) is 20.2 Å². The van der Waals surface area contributed by atoms with Crippen LogP contribution in [0.4, 0.5) is 0 Å². The van der Waals surface area contributed by atoms with Crippen molar-refractivity contribution in [2.24, 2.45) is 10.8 Å². The minimum Gasteiger partial charge on any atom is -0.479 e. The van der Waals surface area contributed by atoms with Gasteiger partial charge < -0.3 is 18.9 Å². The number of hydrogen-bond donors (Lipinski definition) is 0. The highest BCUT2D eigenvalue weighted by atomic mass is 32.2. The van der Waals surface area contributed by atoms with Crippen molar-refractivity contribution in [3.05, 3.63) is 10.8 Å². The second kappa shape index (κ2) is 15.3. The fourth-order valence-corrected chi connectivity index (χ4v) is 6.30. The topological polar surface area (TPSA) is 124 Å². The molecule has 2 heterocycles. The van der Waals surface area contributed by atoms with Crippen LogP contribution in [0.2, 0.25) is 0 Å². The van der Waals surface area contributed by atoms with Crippen LogP contribution >= 0.6 is 11.3 Å². The summed E-state index contributed by atoms with van der Waals surface area (Å²) in [7, 11) is -7.10. The van der Waals surface area contributed by atoms with E-state index in [0.717, 1.165) is 0 Å². The Morgan fingerprint density at radius 3 is 1.44 bits per heavy atom. The van der Waals surface area contributed by atoms with Crippen molar-refractivity contribution in [2.75, 3.05) is 51.1 Å². The van der Waals surface area contributed by atoms with E-state index >= 15 is 0 Å². The Morgan fingerprint density at radius 1 is 0.692 bits per heavy atom. The van der Waals surface area contributed by atoms with E-state index in [-0.39, 0.29) is 48.8 Å². The highest BCUT2D eigenvalue weighted by Gasteiger charge is 2.32. The molecule has 0 amide bonds. The van der Waals surface area contributed by atoms with Gasteiger partial charge in [-0.2, -0.15) is 16.8 Å². The first kappa shape index (κ1) is 34.2. The Labute approximate surface area is 238 Å². The molecule has 0 spiro atoms. The van der Waals surface area contributed by atoms with E-state index in [1.165, 1.54) is 11.3 Å². The first-order valence-corrected chi connectivity index (χ1v) is 17.4. The molecule has 0 fully saturated rings. The third-order valence-electron chi connectivity index (χ3n) is 5.34. The number of unbranched alkanes of at least 4 members (excludes halogenated alkanes) is 2. The van der Waals surface area contributed by atoms with Crippen LogP contribution in [-0.4, -0.2) is 80.2 Å². The van der Waals surface area contributed by atoms with Crippen LogP contribution in [0.15, 0.2) is 10.8 Å². The smallest absolute Gasteiger partial charge is 0.267 e. The SMILES string of the molecule is CC(C)(C)COS(=O)(=O)CCCCOCC1Oc2cscc2OC1COCCCCS(=O)(=O)OCC(C)(C)C. The third kappa shape index (κ3) is 15.0. The molecule has 0 saturated heterocycles. The minimum absolute atomic E-state index is 0.0474. The molecule has 0 aromatic carbocycles. The Morgan fingerprint density at radius 2 is 1.08 bits per heavy atom. The Hall–Kier alpha value is -0.960. The highest BCUT2D eigenvalue weighted by Crippen LogP contribution is 2.37. The molecule has 1 aliphatic heterocycles. The summed E-state index contributed by atoms with van der Waals surface area (Å²) >= 11 is 1.48. The molecule has 1 aliphatic rings. The quantitative estimate of drug-likeness (QED) is 0.171. The lowest BCUT2D eigenvalue weighted by Gasteiger charge is -2.32. The second-order valence-electron chi connectivity index (χ2n) is 12.1. The lowest BCUT2D eigenvalue weighted by Crippen LogP contribution is -2.45. The summed E-state index contributed by atoms with van der Waals surface area (Å²) in [4.78, 5) is 0. The third-order valence-corrected chi connectivity index (χ3v) is 8.57. The average Bonchev–Trinajstić information content (AvgIpc) is 3.27. The van der Waals surface area contributed by atoms with Crippen molar-refractivity contribution in [1.29, 1.82) is 0 Å². The zero-order valence-corrected chi connectivity index (χ0v) is 26.6. The number of thiophene rings is 1. The van der Waals surface area contributed by atoms with Gasteiger partial charge in [0.1, 0.15) is 0 Å². The maximum atomic E-state index is 12.0. The van der Waals surface area contributed by atoms with Gasteiger partial charge in [-0.1, -0.05) is 41.5 Å². The Kier molecular flexibility index (Phi) is 13.5. The molecule has 1 aromatic rings. The van der Waals surface area contributed by atoms with Gasteiger partial charge in [-0.3, -0.25) is 8.37 Å². The number of ether oxygens (including phenoxy) is 4. The summed E-state index contributed by atoms with van der Waals surface area (Å²) in [6, 6.07) is 0. The largest absolute Gasteiger partial charge is 0.479 e.